The van der Waals surface area contributed by atoms with Crippen LogP contribution in [0.5, 0.6) is 0 Å². The molecule has 2 fully saturated rings. The van der Waals surface area contributed by atoms with Gasteiger partial charge in [-0.15, -0.1) is 11.3 Å². The van der Waals surface area contributed by atoms with E-state index in [9.17, 15) is 13.2 Å². The number of amides is 1. The van der Waals surface area contributed by atoms with Crippen molar-refractivity contribution in [3.05, 3.63) is 15.9 Å². The Bertz CT molecular complexity index is 747. The number of carbonyl (C=O) groups excluding carboxylic acids is 1. The van der Waals surface area contributed by atoms with Crippen molar-refractivity contribution in [3.63, 3.8) is 0 Å². The van der Waals surface area contributed by atoms with Gasteiger partial charge < -0.3 is 4.90 Å². The van der Waals surface area contributed by atoms with E-state index in [1.165, 1.54) is 17.8 Å². The number of nitrogens with one attached hydrogen (secondary N) is 1. The first-order valence-corrected chi connectivity index (χ1v) is 12.9. The van der Waals surface area contributed by atoms with Gasteiger partial charge in [0.15, 0.2) is 0 Å². The Morgan fingerprint density at radius 2 is 1.81 bits per heavy atom. The van der Waals surface area contributed by atoms with Gasteiger partial charge in [0, 0.05) is 25.6 Å². The Kier molecular flexibility index (Phi) is 7.03. The molecule has 5 nitrogen and oxygen atoms in total. The van der Waals surface area contributed by atoms with E-state index in [-0.39, 0.29) is 5.92 Å². The van der Waals surface area contributed by atoms with E-state index in [1.807, 2.05) is 0 Å². The van der Waals surface area contributed by atoms with Gasteiger partial charge in [0.1, 0.15) is 4.21 Å². The maximum absolute atomic E-state index is 12.9. The van der Waals surface area contributed by atoms with Gasteiger partial charge in [-0.3, -0.25) is 4.79 Å². The molecule has 0 aromatic carbocycles. The van der Waals surface area contributed by atoms with Crippen molar-refractivity contribution in [1.82, 2.24) is 9.62 Å². The first-order chi connectivity index (χ1) is 12.7. The zero-order valence-corrected chi connectivity index (χ0v) is 19.2. The molecular weight excluding hydrogens is 448 g/mol. The number of sulfonamides is 1. The third kappa shape index (κ3) is 5.55. The van der Waals surface area contributed by atoms with Crippen molar-refractivity contribution in [3.8, 4) is 0 Å². The van der Waals surface area contributed by atoms with Crippen LogP contribution in [-0.2, 0) is 14.8 Å². The summed E-state index contributed by atoms with van der Waals surface area (Å²) < 4.78 is 28.6. The van der Waals surface area contributed by atoms with Gasteiger partial charge in [0.25, 0.3) is 0 Å². The van der Waals surface area contributed by atoms with Crippen LogP contribution in [0.25, 0.3) is 0 Å². The highest BCUT2D eigenvalue weighted by atomic mass is 79.9. The van der Waals surface area contributed by atoms with Crippen LogP contribution >= 0.6 is 27.3 Å². The fourth-order valence-corrected chi connectivity index (χ4v) is 7.63. The zero-order valence-electron chi connectivity index (χ0n) is 16.0. The largest absolute Gasteiger partial charge is 0.342 e. The smallest absolute Gasteiger partial charge is 0.250 e. The van der Waals surface area contributed by atoms with Crippen LogP contribution in [0.2, 0.25) is 0 Å². The molecule has 3 rings (SSSR count). The number of likely N-dealkylation sites (tertiary alicyclic amines) is 1. The molecule has 1 aliphatic carbocycles. The molecule has 27 heavy (non-hydrogen) atoms. The molecule has 1 amide bonds. The highest BCUT2D eigenvalue weighted by Crippen LogP contribution is 2.32. The summed E-state index contributed by atoms with van der Waals surface area (Å²) in [5.74, 6) is 1.91. The number of nitrogens with zero attached hydrogens (tertiary/aromatic N) is 1. The topological polar surface area (TPSA) is 66.5 Å². The van der Waals surface area contributed by atoms with Crippen LogP contribution in [0.15, 0.2) is 20.1 Å². The second kappa shape index (κ2) is 8.93. The molecule has 1 N–H and O–H groups in total. The van der Waals surface area contributed by atoms with Gasteiger partial charge >= 0.3 is 0 Å². The van der Waals surface area contributed by atoms with Crippen molar-refractivity contribution in [2.45, 2.75) is 50.2 Å². The molecule has 2 aliphatic rings. The monoisotopic (exact) mass is 476 g/mol. The molecule has 1 aromatic heterocycles. The Morgan fingerprint density at radius 3 is 2.37 bits per heavy atom. The van der Waals surface area contributed by atoms with Gasteiger partial charge in [-0.2, -0.15) is 0 Å². The average molecular weight is 477 g/mol. The average Bonchev–Trinajstić information content (AvgIpc) is 3.06. The number of thiophene rings is 1. The van der Waals surface area contributed by atoms with E-state index in [2.05, 4.69) is 39.4 Å². The van der Waals surface area contributed by atoms with Gasteiger partial charge in [-0.25, -0.2) is 13.1 Å². The van der Waals surface area contributed by atoms with Crippen LogP contribution in [0.1, 0.15) is 46.0 Å². The van der Waals surface area contributed by atoms with E-state index in [1.54, 1.807) is 12.1 Å². The van der Waals surface area contributed by atoms with Crippen LogP contribution < -0.4 is 4.72 Å². The summed E-state index contributed by atoms with van der Waals surface area (Å²) in [6.45, 7) is 6.69. The minimum Gasteiger partial charge on any atom is -0.342 e. The molecule has 1 aromatic rings. The fraction of sp³-hybridized carbons (Fsp3) is 0.737. The van der Waals surface area contributed by atoms with Crippen LogP contribution in [-0.4, -0.2) is 38.9 Å². The highest BCUT2D eigenvalue weighted by molar-refractivity contribution is 9.11. The minimum atomic E-state index is -3.43. The molecule has 2 atom stereocenters. The van der Waals surface area contributed by atoms with Crippen molar-refractivity contribution in [2.24, 2.45) is 23.7 Å². The van der Waals surface area contributed by atoms with Gasteiger partial charge in [-0.1, -0.05) is 13.8 Å². The summed E-state index contributed by atoms with van der Waals surface area (Å²) in [7, 11) is -3.43. The van der Waals surface area contributed by atoms with Gasteiger partial charge in [0.2, 0.25) is 15.9 Å². The van der Waals surface area contributed by atoms with E-state index in [0.29, 0.717) is 34.4 Å². The summed E-state index contributed by atoms with van der Waals surface area (Å²) in [5.41, 5.74) is 0. The number of hydrogen-bond acceptors (Lipinski definition) is 4. The zero-order chi connectivity index (χ0) is 19.6. The number of piperidine rings is 1. The Labute approximate surface area is 175 Å². The fourth-order valence-electron chi connectivity index (χ4n) is 4.46. The lowest BCUT2D eigenvalue weighted by atomic mass is 9.80. The Hall–Kier alpha value is -0.440. The lowest BCUT2D eigenvalue weighted by Gasteiger charge is -2.38. The molecule has 0 spiro atoms. The summed E-state index contributed by atoms with van der Waals surface area (Å²) in [4.78, 5) is 14.9. The summed E-state index contributed by atoms with van der Waals surface area (Å²) in [6.07, 6.45) is 4.76. The Balaban J connectivity index is 1.47. The van der Waals surface area contributed by atoms with Crippen LogP contribution in [0.4, 0.5) is 0 Å². The molecule has 1 saturated carbocycles. The Morgan fingerprint density at radius 1 is 1.19 bits per heavy atom. The molecule has 1 saturated heterocycles. The molecule has 2 heterocycles. The predicted molar refractivity (Wildman–Crippen MR) is 112 cm³/mol. The molecule has 8 heteroatoms. The maximum atomic E-state index is 12.9. The number of halogens is 1. The van der Waals surface area contributed by atoms with E-state index in [0.717, 1.165) is 42.6 Å². The SMILES string of the molecule is CC1CC(C)CN(C(=O)C2CCC(CNS(=O)(=O)c3ccc(Br)s3)CC2)C1. The maximum Gasteiger partial charge on any atom is 0.250 e. The summed E-state index contributed by atoms with van der Waals surface area (Å²) in [6, 6.07) is 3.37. The normalized spacial score (nSPS) is 29.7. The quantitative estimate of drug-likeness (QED) is 0.695. The first-order valence-electron chi connectivity index (χ1n) is 9.78. The second-order valence-corrected chi connectivity index (χ2v) is 12.8. The second-order valence-electron chi connectivity index (χ2n) is 8.32. The van der Waals surface area contributed by atoms with Crippen LogP contribution in [0.3, 0.4) is 0 Å². The minimum absolute atomic E-state index is 0.114. The lowest BCUT2D eigenvalue weighted by Crippen LogP contribution is -2.46. The molecule has 2 unspecified atom stereocenters. The summed E-state index contributed by atoms with van der Waals surface area (Å²) >= 11 is 4.52. The van der Waals surface area contributed by atoms with E-state index in [4.69, 9.17) is 0 Å². The van der Waals surface area contributed by atoms with E-state index < -0.39 is 10.0 Å². The molecule has 0 bridgehead atoms. The van der Waals surface area contributed by atoms with E-state index >= 15 is 0 Å². The third-order valence-corrected chi connectivity index (χ3v) is 9.29. The van der Waals surface area contributed by atoms with Gasteiger partial charge in [0.05, 0.1) is 3.79 Å². The van der Waals surface area contributed by atoms with Crippen molar-refractivity contribution in [1.29, 1.82) is 0 Å². The number of hydrogen-bond donors (Lipinski definition) is 1. The van der Waals surface area contributed by atoms with Crippen molar-refractivity contribution in [2.75, 3.05) is 19.6 Å². The van der Waals surface area contributed by atoms with Crippen molar-refractivity contribution < 1.29 is 13.2 Å². The highest BCUT2D eigenvalue weighted by Gasteiger charge is 2.33. The van der Waals surface area contributed by atoms with Gasteiger partial charge in [-0.05, 0) is 77.9 Å². The molecule has 152 valence electrons. The first kappa shape index (κ1) is 21.3. The number of carbonyl (C=O) groups is 1. The predicted octanol–water partition coefficient (Wildman–Crippen LogP) is 4.10. The van der Waals surface area contributed by atoms with Crippen LogP contribution in [0, 0.1) is 23.7 Å². The van der Waals surface area contributed by atoms with Crippen molar-refractivity contribution >= 4 is 43.2 Å². The molecule has 0 radical (unpaired) electrons. The standard InChI is InChI=1S/C19H29BrN2O3S2/c1-13-9-14(2)12-22(11-13)19(23)16-5-3-15(4-6-16)10-21-27(24,25)18-8-7-17(20)26-18/h7-8,13-16,21H,3-6,9-12H2,1-2H3. The lowest BCUT2D eigenvalue weighted by molar-refractivity contribution is -0.139. The molecular formula is C19H29BrN2O3S2. The number of rotatable bonds is 5. The summed E-state index contributed by atoms with van der Waals surface area (Å²) in [5, 5.41) is 0. The third-order valence-electron chi connectivity index (χ3n) is 5.75. The molecule has 1 aliphatic heterocycles.